The van der Waals surface area contributed by atoms with Crippen LogP contribution in [-0.4, -0.2) is 39.5 Å². The summed E-state index contributed by atoms with van der Waals surface area (Å²) in [6, 6.07) is 15.8. The molecule has 0 aliphatic carbocycles. The second kappa shape index (κ2) is 9.45. The van der Waals surface area contributed by atoms with Crippen molar-refractivity contribution < 1.29 is 14.4 Å². The molecule has 1 fully saturated rings. The summed E-state index contributed by atoms with van der Waals surface area (Å²) in [5.41, 5.74) is 2.61. The predicted octanol–water partition coefficient (Wildman–Crippen LogP) is 4.44. The molecular weight excluding hydrogens is 446 g/mol. The molecule has 0 saturated carbocycles. The maximum atomic E-state index is 13.7. The summed E-state index contributed by atoms with van der Waals surface area (Å²) in [6.45, 7) is 9.97. The first kappa shape index (κ1) is 24.3. The lowest BCUT2D eigenvalue weighted by Gasteiger charge is -2.31. The van der Waals surface area contributed by atoms with E-state index in [-0.39, 0.29) is 35.1 Å². The van der Waals surface area contributed by atoms with Crippen LogP contribution in [0.5, 0.6) is 0 Å². The van der Waals surface area contributed by atoms with Crippen LogP contribution in [-0.2, 0) is 9.59 Å². The zero-order valence-corrected chi connectivity index (χ0v) is 21.2. The van der Waals surface area contributed by atoms with Gasteiger partial charge in [0.05, 0.1) is 6.04 Å². The number of nitrogens with zero attached hydrogens (tertiary/aromatic N) is 1. The number of benzene rings is 2. The Morgan fingerprint density at radius 2 is 1.65 bits per heavy atom. The summed E-state index contributed by atoms with van der Waals surface area (Å²) in [7, 11) is 0. The molecule has 4 atom stereocenters. The van der Waals surface area contributed by atoms with Crippen LogP contribution in [0, 0.1) is 5.92 Å². The minimum absolute atomic E-state index is 0.124. The second-order valence-electron chi connectivity index (χ2n) is 10.1. The molecule has 2 aliphatic heterocycles. The SMILES string of the molecule is CC(C)CC(NC(=O)C1N2C(=O)c3ccccc3C2SC1(C)C)C(=O)NC(C)c1ccccc1. The van der Waals surface area contributed by atoms with E-state index in [9.17, 15) is 14.4 Å². The summed E-state index contributed by atoms with van der Waals surface area (Å²) < 4.78 is -0.492. The Balaban J connectivity index is 1.53. The van der Waals surface area contributed by atoms with Crippen LogP contribution in [0.3, 0.4) is 0 Å². The molecule has 2 aromatic rings. The molecule has 0 bridgehead atoms. The summed E-state index contributed by atoms with van der Waals surface area (Å²) in [4.78, 5) is 41.8. The summed E-state index contributed by atoms with van der Waals surface area (Å²) in [5.74, 6) is -0.412. The molecule has 0 radical (unpaired) electrons. The van der Waals surface area contributed by atoms with Crippen LogP contribution in [0.25, 0.3) is 0 Å². The molecular formula is C27H33N3O3S. The standard InChI is InChI=1S/C27H33N3O3S/c1-16(2)15-21(23(31)28-17(3)18-11-7-6-8-12-18)29-24(32)22-27(4,5)34-26-20-14-10-9-13-19(20)25(33)30(22)26/h6-14,16-17,21-22,26H,15H2,1-5H3,(H,28,31)(H,29,32). The maximum Gasteiger partial charge on any atom is 0.256 e. The van der Waals surface area contributed by atoms with Crippen molar-refractivity contribution in [3.63, 3.8) is 0 Å². The molecule has 7 heteroatoms. The van der Waals surface area contributed by atoms with Gasteiger partial charge in [-0.1, -0.05) is 62.4 Å². The van der Waals surface area contributed by atoms with Gasteiger partial charge >= 0.3 is 0 Å². The fourth-order valence-corrected chi connectivity index (χ4v) is 6.49. The van der Waals surface area contributed by atoms with E-state index >= 15 is 0 Å². The third-order valence-electron chi connectivity index (χ3n) is 6.54. The minimum Gasteiger partial charge on any atom is -0.348 e. The van der Waals surface area contributed by atoms with Gasteiger partial charge in [0.1, 0.15) is 17.5 Å². The van der Waals surface area contributed by atoms with Crippen LogP contribution in [0.15, 0.2) is 54.6 Å². The van der Waals surface area contributed by atoms with Crippen LogP contribution < -0.4 is 10.6 Å². The number of hydrogen-bond acceptors (Lipinski definition) is 4. The van der Waals surface area contributed by atoms with Crippen molar-refractivity contribution in [3.05, 3.63) is 71.3 Å². The average molecular weight is 480 g/mol. The predicted molar refractivity (Wildman–Crippen MR) is 135 cm³/mol. The number of amides is 3. The highest BCUT2D eigenvalue weighted by Gasteiger charge is 2.57. The highest BCUT2D eigenvalue weighted by molar-refractivity contribution is 8.01. The zero-order chi connectivity index (χ0) is 24.6. The normalized spacial score (nSPS) is 22.2. The Kier molecular flexibility index (Phi) is 6.76. The van der Waals surface area contributed by atoms with Crippen molar-refractivity contribution in [3.8, 4) is 0 Å². The van der Waals surface area contributed by atoms with Crippen LogP contribution in [0.2, 0.25) is 0 Å². The molecule has 2 heterocycles. The Hall–Kier alpha value is -2.80. The van der Waals surface area contributed by atoms with E-state index < -0.39 is 16.8 Å². The molecule has 3 amide bonds. The molecule has 2 aliphatic rings. The molecule has 6 nitrogen and oxygen atoms in total. The molecule has 34 heavy (non-hydrogen) atoms. The first-order valence-corrected chi connectivity index (χ1v) is 12.7. The van der Waals surface area contributed by atoms with E-state index in [1.54, 1.807) is 16.7 Å². The van der Waals surface area contributed by atoms with Gasteiger partial charge < -0.3 is 15.5 Å². The summed E-state index contributed by atoms with van der Waals surface area (Å²) in [6.07, 6.45) is 0.511. The lowest BCUT2D eigenvalue weighted by atomic mass is 9.98. The Labute approximate surface area is 205 Å². The van der Waals surface area contributed by atoms with Crippen LogP contribution in [0.4, 0.5) is 0 Å². The number of carbonyl (C=O) groups excluding carboxylic acids is 3. The van der Waals surface area contributed by atoms with Crippen molar-refractivity contribution in [2.45, 2.75) is 69.3 Å². The van der Waals surface area contributed by atoms with Gasteiger partial charge in [-0.15, -0.1) is 11.8 Å². The van der Waals surface area contributed by atoms with E-state index in [4.69, 9.17) is 0 Å². The van der Waals surface area contributed by atoms with Gasteiger partial charge in [-0.3, -0.25) is 14.4 Å². The summed E-state index contributed by atoms with van der Waals surface area (Å²) in [5, 5.41) is 5.86. The van der Waals surface area contributed by atoms with Crippen molar-refractivity contribution in [2.24, 2.45) is 5.92 Å². The zero-order valence-electron chi connectivity index (χ0n) is 20.4. The Bertz CT molecular complexity index is 1090. The largest absolute Gasteiger partial charge is 0.348 e. The van der Waals surface area contributed by atoms with Gasteiger partial charge in [-0.05, 0) is 50.3 Å². The molecule has 2 aromatic carbocycles. The number of carbonyl (C=O) groups is 3. The fourth-order valence-electron chi connectivity index (χ4n) is 4.90. The maximum absolute atomic E-state index is 13.7. The van der Waals surface area contributed by atoms with E-state index in [0.717, 1.165) is 11.1 Å². The third-order valence-corrected chi connectivity index (χ3v) is 8.08. The van der Waals surface area contributed by atoms with E-state index in [1.807, 2.05) is 89.2 Å². The third kappa shape index (κ3) is 4.58. The molecule has 4 rings (SSSR count). The van der Waals surface area contributed by atoms with Crippen molar-refractivity contribution in [1.82, 2.24) is 15.5 Å². The van der Waals surface area contributed by atoms with Gasteiger partial charge in [-0.2, -0.15) is 0 Å². The fraction of sp³-hybridized carbons (Fsp3) is 0.444. The Morgan fingerprint density at radius 3 is 2.32 bits per heavy atom. The van der Waals surface area contributed by atoms with Crippen LogP contribution in [0.1, 0.15) is 73.9 Å². The van der Waals surface area contributed by atoms with Crippen molar-refractivity contribution in [1.29, 1.82) is 0 Å². The Morgan fingerprint density at radius 1 is 1.00 bits per heavy atom. The minimum atomic E-state index is -0.682. The number of hydrogen-bond donors (Lipinski definition) is 2. The molecule has 180 valence electrons. The molecule has 0 aromatic heterocycles. The van der Waals surface area contributed by atoms with Gasteiger partial charge in [-0.25, -0.2) is 0 Å². The number of fused-ring (bicyclic) bond motifs is 3. The molecule has 1 saturated heterocycles. The van der Waals surface area contributed by atoms with E-state index in [1.165, 1.54) is 0 Å². The highest BCUT2D eigenvalue weighted by Crippen LogP contribution is 2.56. The van der Waals surface area contributed by atoms with E-state index in [0.29, 0.717) is 12.0 Å². The lowest BCUT2D eigenvalue weighted by molar-refractivity contribution is -0.132. The average Bonchev–Trinajstić information content (AvgIpc) is 3.22. The number of rotatable bonds is 7. The van der Waals surface area contributed by atoms with Crippen LogP contribution >= 0.6 is 11.8 Å². The smallest absolute Gasteiger partial charge is 0.256 e. The monoisotopic (exact) mass is 479 g/mol. The number of thioether (sulfide) groups is 1. The van der Waals surface area contributed by atoms with Crippen molar-refractivity contribution in [2.75, 3.05) is 0 Å². The van der Waals surface area contributed by atoms with Gasteiger partial charge in [0.2, 0.25) is 11.8 Å². The molecule has 0 spiro atoms. The topological polar surface area (TPSA) is 78.5 Å². The molecule has 2 N–H and O–H groups in total. The second-order valence-corrected chi connectivity index (χ2v) is 11.8. The molecule has 4 unspecified atom stereocenters. The van der Waals surface area contributed by atoms with Gasteiger partial charge in [0.15, 0.2) is 0 Å². The quantitative estimate of drug-likeness (QED) is 0.615. The first-order chi connectivity index (χ1) is 16.1. The lowest BCUT2D eigenvalue weighted by Crippen LogP contribution is -2.57. The van der Waals surface area contributed by atoms with E-state index in [2.05, 4.69) is 10.6 Å². The summed E-state index contributed by atoms with van der Waals surface area (Å²) >= 11 is 1.62. The number of nitrogens with one attached hydrogen (secondary N) is 2. The van der Waals surface area contributed by atoms with Gasteiger partial charge in [0.25, 0.3) is 5.91 Å². The van der Waals surface area contributed by atoms with Crippen molar-refractivity contribution >= 4 is 29.5 Å². The first-order valence-electron chi connectivity index (χ1n) is 11.8. The van der Waals surface area contributed by atoms with Gasteiger partial charge in [0, 0.05) is 10.3 Å². The highest BCUT2D eigenvalue weighted by atomic mass is 32.2.